The third kappa shape index (κ3) is 7.82. The predicted molar refractivity (Wildman–Crippen MR) is 73.3 cm³/mol. The molecule has 0 saturated heterocycles. The minimum Gasteiger partial charge on any atom is -0.497 e. The van der Waals surface area contributed by atoms with Crippen LogP contribution in [0.4, 0.5) is 0 Å². The number of carbonyl (C=O) groups is 2. The Morgan fingerprint density at radius 3 is 2.39 bits per heavy atom. The molecule has 0 rings (SSSR count). The van der Waals surface area contributed by atoms with E-state index in [2.05, 4.69) is 19.9 Å². The molecule has 0 amide bonds. The summed E-state index contributed by atoms with van der Waals surface area (Å²) in [4.78, 5) is 21.1. The maximum Gasteiger partial charge on any atom is 0.195 e. The second kappa shape index (κ2) is 10.8. The van der Waals surface area contributed by atoms with E-state index >= 15 is 0 Å². The molecule has 0 aliphatic rings. The van der Waals surface area contributed by atoms with Crippen LogP contribution >= 0.6 is 0 Å². The fourth-order valence-electron chi connectivity index (χ4n) is 1.74. The Morgan fingerprint density at radius 2 is 1.89 bits per heavy atom. The number of hydrogen-bond acceptors (Lipinski definition) is 3. The summed E-state index contributed by atoms with van der Waals surface area (Å²) in [5.74, 6) is 0.560. The summed E-state index contributed by atoms with van der Waals surface area (Å²) in [5.41, 5.74) is 1.28. The number of ketones is 1. The van der Waals surface area contributed by atoms with E-state index in [1.165, 1.54) is 5.57 Å². The predicted octanol–water partition coefficient (Wildman–Crippen LogP) is 3.59. The van der Waals surface area contributed by atoms with Gasteiger partial charge in [0.05, 0.1) is 7.11 Å². The highest BCUT2D eigenvalue weighted by atomic mass is 16.5. The van der Waals surface area contributed by atoms with Gasteiger partial charge in [0.15, 0.2) is 12.1 Å². The summed E-state index contributed by atoms with van der Waals surface area (Å²) in [6.45, 7) is 4.19. The second-order valence-electron chi connectivity index (χ2n) is 4.21. The highest BCUT2D eigenvalue weighted by Crippen LogP contribution is 2.17. The highest BCUT2D eigenvalue weighted by molar-refractivity contribution is 6.24. The number of carbonyl (C=O) groups excluding carboxylic acids is 2. The van der Waals surface area contributed by atoms with E-state index in [1.54, 1.807) is 7.11 Å². The van der Waals surface area contributed by atoms with E-state index in [9.17, 15) is 9.59 Å². The SMILES string of the molecule is CCC=C(/C=C(\CCC)CCCC(=O)C=O)OC. The zero-order valence-corrected chi connectivity index (χ0v) is 11.7. The summed E-state index contributed by atoms with van der Waals surface area (Å²) in [6, 6.07) is 0. The van der Waals surface area contributed by atoms with Gasteiger partial charge in [0.25, 0.3) is 0 Å². The molecule has 0 fully saturated rings. The molecule has 0 aromatic rings. The minimum absolute atomic E-state index is 0.318. The average molecular weight is 252 g/mol. The number of hydrogen-bond donors (Lipinski definition) is 0. The molecule has 0 spiro atoms. The number of allylic oxidation sites excluding steroid dienone is 3. The minimum atomic E-state index is -0.318. The molecule has 3 heteroatoms. The van der Waals surface area contributed by atoms with Crippen molar-refractivity contribution in [1.29, 1.82) is 0 Å². The Balaban J connectivity index is 4.44. The summed E-state index contributed by atoms with van der Waals surface area (Å²) < 4.78 is 5.28. The van der Waals surface area contributed by atoms with E-state index in [0.29, 0.717) is 12.7 Å². The Bertz CT molecular complexity index is 314. The normalized spacial score (nSPS) is 12.4. The van der Waals surface area contributed by atoms with Crippen molar-refractivity contribution in [2.75, 3.05) is 7.11 Å². The van der Waals surface area contributed by atoms with Gasteiger partial charge in [-0.15, -0.1) is 0 Å². The lowest BCUT2D eigenvalue weighted by molar-refractivity contribution is -0.129. The standard InChI is InChI=1S/C15H24O3/c1-4-7-13(9-6-10-14(17)12-16)11-15(18-3)8-5-2/h8,11-12H,4-7,9-10H2,1-3H3/b13-11+,15-8?. The molecule has 18 heavy (non-hydrogen) atoms. The molecule has 0 saturated carbocycles. The van der Waals surface area contributed by atoms with Crippen LogP contribution in [0.1, 0.15) is 52.4 Å². The smallest absolute Gasteiger partial charge is 0.195 e. The molecule has 0 aromatic heterocycles. The van der Waals surface area contributed by atoms with Crippen molar-refractivity contribution in [1.82, 2.24) is 0 Å². The lowest BCUT2D eigenvalue weighted by atomic mass is 10.0. The monoisotopic (exact) mass is 252 g/mol. The van der Waals surface area contributed by atoms with Crippen molar-refractivity contribution < 1.29 is 14.3 Å². The third-order valence-electron chi connectivity index (χ3n) is 2.61. The molecule has 0 unspecified atom stereocenters. The van der Waals surface area contributed by atoms with Gasteiger partial charge in [0, 0.05) is 6.42 Å². The van der Waals surface area contributed by atoms with Crippen LogP contribution in [0.3, 0.4) is 0 Å². The first-order chi connectivity index (χ1) is 8.67. The van der Waals surface area contributed by atoms with Crippen molar-refractivity contribution >= 4 is 12.1 Å². The van der Waals surface area contributed by atoms with Crippen molar-refractivity contribution in [2.45, 2.75) is 52.4 Å². The molecule has 0 aromatic carbocycles. The fraction of sp³-hybridized carbons (Fsp3) is 0.600. The van der Waals surface area contributed by atoms with E-state index < -0.39 is 0 Å². The fourth-order valence-corrected chi connectivity index (χ4v) is 1.74. The van der Waals surface area contributed by atoms with Gasteiger partial charge >= 0.3 is 0 Å². The van der Waals surface area contributed by atoms with Crippen molar-refractivity contribution in [3.05, 3.63) is 23.5 Å². The highest BCUT2D eigenvalue weighted by Gasteiger charge is 2.03. The van der Waals surface area contributed by atoms with Crippen molar-refractivity contribution in [2.24, 2.45) is 0 Å². The van der Waals surface area contributed by atoms with Gasteiger partial charge in [-0.25, -0.2) is 0 Å². The van der Waals surface area contributed by atoms with Crippen LogP contribution < -0.4 is 0 Å². The van der Waals surface area contributed by atoms with Gasteiger partial charge in [-0.05, 0) is 37.8 Å². The Labute approximate surface area is 110 Å². The topological polar surface area (TPSA) is 43.4 Å². The lowest BCUT2D eigenvalue weighted by Gasteiger charge is -2.07. The maximum absolute atomic E-state index is 10.9. The van der Waals surface area contributed by atoms with Gasteiger partial charge < -0.3 is 4.74 Å². The van der Waals surface area contributed by atoms with Crippen LogP contribution in [0.25, 0.3) is 0 Å². The quantitative estimate of drug-likeness (QED) is 0.258. The zero-order valence-electron chi connectivity index (χ0n) is 11.7. The van der Waals surface area contributed by atoms with Crippen LogP contribution in [0, 0.1) is 0 Å². The van der Waals surface area contributed by atoms with Gasteiger partial charge in [0.2, 0.25) is 0 Å². The van der Waals surface area contributed by atoms with Crippen molar-refractivity contribution in [3.8, 4) is 0 Å². The number of aldehydes is 1. The Kier molecular flexibility index (Phi) is 9.93. The van der Waals surface area contributed by atoms with E-state index in [-0.39, 0.29) is 5.78 Å². The number of methoxy groups -OCH3 is 1. The first-order valence-corrected chi connectivity index (χ1v) is 6.59. The Hall–Kier alpha value is -1.38. The number of rotatable bonds is 10. The molecule has 0 bridgehead atoms. The first kappa shape index (κ1) is 16.6. The molecule has 3 nitrogen and oxygen atoms in total. The average Bonchev–Trinajstić information content (AvgIpc) is 2.37. The van der Waals surface area contributed by atoms with Crippen LogP contribution in [0.15, 0.2) is 23.5 Å². The summed E-state index contributed by atoms with van der Waals surface area (Å²) in [7, 11) is 1.66. The number of Topliss-reactive ketones (excluding diaryl/α,β-unsaturated/α-hetero) is 1. The van der Waals surface area contributed by atoms with Crippen LogP contribution in [0.2, 0.25) is 0 Å². The van der Waals surface area contributed by atoms with E-state index in [1.807, 2.05) is 6.08 Å². The molecule has 0 heterocycles. The van der Waals surface area contributed by atoms with Crippen LogP contribution in [-0.4, -0.2) is 19.2 Å². The summed E-state index contributed by atoms with van der Waals surface area (Å²) >= 11 is 0. The molecule has 0 N–H and O–H groups in total. The van der Waals surface area contributed by atoms with Crippen LogP contribution in [-0.2, 0) is 14.3 Å². The molecule has 0 atom stereocenters. The van der Waals surface area contributed by atoms with E-state index in [4.69, 9.17) is 4.74 Å². The molecular formula is C15H24O3. The number of ether oxygens (including phenoxy) is 1. The molecule has 102 valence electrons. The summed E-state index contributed by atoms with van der Waals surface area (Å²) in [6.07, 6.45) is 9.40. The van der Waals surface area contributed by atoms with Gasteiger partial charge in [-0.1, -0.05) is 25.8 Å². The maximum atomic E-state index is 10.9. The molecule has 0 aliphatic carbocycles. The lowest BCUT2D eigenvalue weighted by Crippen LogP contribution is -1.98. The van der Waals surface area contributed by atoms with Gasteiger partial charge in [0.1, 0.15) is 5.76 Å². The second-order valence-corrected chi connectivity index (χ2v) is 4.21. The zero-order chi connectivity index (χ0) is 13.8. The van der Waals surface area contributed by atoms with Gasteiger partial charge in [-0.2, -0.15) is 0 Å². The molecule has 0 radical (unpaired) electrons. The third-order valence-corrected chi connectivity index (χ3v) is 2.61. The Morgan fingerprint density at radius 1 is 1.17 bits per heavy atom. The largest absolute Gasteiger partial charge is 0.497 e. The van der Waals surface area contributed by atoms with E-state index in [0.717, 1.165) is 37.9 Å². The molecular weight excluding hydrogens is 228 g/mol. The van der Waals surface area contributed by atoms with Crippen molar-refractivity contribution in [3.63, 3.8) is 0 Å². The first-order valence-electron chi connectivity index (χ1n) is 6.59. The molecule has 0 aliphatic heterocycles. The summed E-state index contributed by atoms with van der Waals surface area (Å²) in [5, 5.41) is 0. The van der Waals surface area contributed by atoms with Crippen LogP contribution in [0.5, 0.6) is 0 Å². The van der Waals surface area contributed by atoms with Gasteiger partial charge in [-0.3, -0.25) is 9.59 Å².